The molecule has 2 atom stereocenters. The second-order valence-corrected chi connectivity index (χ2v) is 22.1. The van der Waals surface area contributed by atoms with Gasteiger partial charge in [0.1, 0.15) is 0 Å². The van der Waals surface area contributed by atoms with E-state index in [2.05, 4.69) is 326 Å². The zero-order valence-corrected chi connectivity index (χ0v) is 46.2. The molecule has 0 bridgehead atoms. The van der Waals surface area contributed by atoms with E-state index < -0.39 is 0 Å². The summed E-state index contributed by atoms with van der Waals surface area (Å²) < 4.78 is 7.02. The zero-order chi connectivity index (χ0) is 56.0. The Morgan fingerprint density at radius 3 is 1.22 bits per heavy atom. The lowest BCUT2D eigenvalue weighted by Crippen LogP contribution is -2.32. The summed E-state index contributed by atoms with van der Waals surface area (Å²) in [5, 5.41) is 8.02. The highest BCUT2D eigenvalue weighted by Crippen LogP contribution is 2.45. The summed E-state index contributed by atoms with van der Waals surface area (Å²) >= 11 is 0. The van der Waals surface area contributed by atoms with Crippen LogP contribution in [0.25, 0.3) is 84.0 Å². The molecule has 402 valence electrons. The first-order valence-electron chi connectivity index (χ1n) is 29.1. The van der Waals surface area contributed by atoms with Gasteiger partial charge in [0.2, 0.25) is 17.8 Å². The number of anilines is 9. The number of nitrogens with zero attached hydrogens (tertiary/aromatic N) is 9. The molecular weight excluding hydrogens is 1040 g/mol. The van der Waals surface area contributed by atoms with Crippen LogP contribution in [0.4, 0.5) is 51.7 Å². The smallest absolute Gasteiger partial charge is 0.241 e. The van der Waals surface area contributed by atoms with Crippen LogP contribution in [-0.2, 0) is 0 Å². The summed E-state index contributed by atoms with van der Waals surface area (Å²) in [7, 11) is 0. The van der Waals surface area contributed by atoms with Crippen molar-refractivity contribution in [3.05, 3.63) is 296 Å². The van der Waals surface area contributed by atoms with Gasteiger partial charge in [-0.2, -0.15) is 15.0 Å². The minimum atomic E-state index is 0.426. The van der Waals surface area contributed by atoms with Crippen LogP contribution in [0.15, 0.2) is 285 Å². The van der Waals surface area contributed by atoms with Gasteiger partial charge in [-0.15, -0.1) is 0 Å². The molecule has 9 nitrogen and oxygen atoms in total. The molecule has 4 aromatic heterocycles. The molecule has 2 aliphatic rings. The maximum Gasteiger partial charge on any atom is 0.241 e. The molecule has 85 heavy (non-hydrogen) atoms. The zero-order valence-electron chi connectivity index (χ0n) is 46.2. The molecule has 0 spiro atoms. The number of benzene rings is 11. The van der Waals surface area contributed by atoms with E-state index in [1.54, 1.807) is 0 Å². The van der Waals surface area contributed by atoms with Gasteiger partial charge in [-0.25, -0.2) is 0 Å². The van der Waals surface area contributed by atoms with Crippen molar-refractivity contribution in [2.75, 3.05) is 14.7 Å². The van der Waals surface area contributed by atoms with Gasteiger partial charge in [0.25, 0.3) is 0 Å². The molecule has 17 rings (SSSR count). The molecule has 2 aliphatic carbocycles. The van der Waals surface area contributed by atoms with Gasteiger partial charge in [0.15, 0.2) is 0 Å². The van der Waals surface area contributed by atoms with E-state index in [1.807, 2.05) is 0 Å². The number of para-hydroxylation sites is 8. The lowest BCUT2D eigenvalue weighted by molar-refractivity contribution is 0.877. The van der Waals surface area contributed by atoms with Crippen molar-refractivity contribution in [3.8, 4) is 17.3 Å². The molecule has 0 N–H and O–H groups in total. The normalized spacial score (nSPS) is 14.3. The largest absolute Gasteiger partial charge is 0.310 e. The van der Waals surface area contributed by atoms with E-state index in [4.69, 9.17) is 15.0 Å². The highest BCUT2D eigenvalue weighted by atomic mass is 15.4. The topological polar surface area (TPSA) is 63.2 Å². The molecule has 2 unspecified atom stereocenters. The lowest BCUT2D eigenvalue weighted by atomic mass is 10.1. The summed E-state index contributed by atoms with van der Waals surface area (Å²) in [4.78, 5) is 24.0. The van der Waals surface area contributed by atoms with Gasteiger partial charge >= 0.3 is 0 Å². The van der Waals surface area contributed by atoms with Gasteiger partial charge in [-0.1, -0.05) is 164 Å². The average molecular weight is 1090 g/mol. The SMILES string of the molecule is C1=c2c(n(-c3nc(N(c4ccccc4)c4ccc5c(c4)c4ccccc4n5-c4ccccc4)nc(N(c4ccccc4)c4ccc5c6ccccc6n(-c6ccccc6)c5c4)n3)c3ccc(N(c4ccccc4)c4ccccc4)cc23)=CC2CC12. The highest BCUT2D eigenvalue weighted by Gasteiger charge is 2.37. The predicted molar refractivity (Wildman–Crippen MR) is 349 cm³/mol. The minimum absolute atomic E-state index is 0.426. The number of rotatable bonds is 12. The van der Waals surface area contributed by atoms with E-state index in [-0.39, 0.29) is 0 Å². The third-order valence-electron chi connectivity index (χ3n) is 17.0. The highest BCUT2D eigenvalue weighted by molar-refractivity contribution is 6.12. The third kappa shape index (κ3) is 8.11. The fourth-order valence-corrected chi connectivity index (χ4v) is 13.1. The van der Waals surface area contributed by atoms with Crippen molar-refractivity contribution in [1.29, 1.82) is 0 Å². The molecule has 0 aliphatic heterocycles. The van der Waals surface area contributed by atoms with E-state index in [0.29, 0.717) is 29.7 Å². The van der Waals surface area contributed by atoms with E-state index >= 15 is 0 Å². The van der Waals surface area contributed by atoms with Gasteiger partial charge < -0.3 is 14.0 Å². The summed E-state index contributed by atoms with van der Waals surface area (Å²) in [6, 6.07) is 101. The molecule has 1 saturated carbocycles. The van der Waals surface area contributed by atoms with Crippen LogP contribution >= 0.6 is 0 Å². The Bertz CT molecular complexity index is 5140. The lowest BCUT2D eigenvalue weighted by Gasteiger charge is -2.27. The Hall–Kier alpha value is -11.3. The second kappa shape index (κ2) is 19.7. The van der Waals surface area contributed by atoms with Gasteiger partial charge in [0, 0.05) is 77.6 Å². The van der Waals surface area contributed by atoms with E-state index in [0.717, 1.165) is 112 Å². The summed E-state index contributed by atoms with van der Waals surface area (Å²) in [6.45, 7) is 0. The Balaban J connectivity index is 0.941. The van der Waals surface area contributed by atoms with Crippen molar-refractivity contribution < 1.29 is 0 Å². The fourth-order valence-electron chi connectivity index (χ4n) is 13.1. The maximum atomic E-state index is 5.77. The number of aromatic nitrogens is 6. The van der Waals surface area contributed by atoms with Crippen LogP contribution < -0.4 is 25.3 Å². The maximum absolute atomic E-state index is 5.77. The molecular formula is C76H53N9. The van der Waals surface area contributed by atoms with Crippen molar-refractivity contribution in [1.82, 2.24) is 28.7 Å². The van der Waals surface area contributed by atoms with Gasteiger partial charge in [-0.3, -0.25) is 14.4 Å². The standard InChI is InChI=1S/C76H53N9/c1-7-23-53(24-8-1)80(54-25-9-2-10-26-54)59-40-44-71-67(48-59)65-46-51-45-52(51)47-72(65)85(71)76-78-74(81(55-27-11-3-12-28-55)60-41-43-70-66(49-60)63-36-20-22-38-69(63)83(70)57-31-15-5-16-32-57)77-75(79-76)82(56-29-13-4-14-30-56)61-39-42-64-62-35-19-21-37-68(62)84(73(64)50-61)58-33-17-6-18-34-58/h1-44,46-52H,45H2. The van der Waals surface area contributed by atoms with Crippen LogP contribution in [0.3, 0.4) is 0 Å². The first-order chi connectivity index (χ1) is 42.2. The van der Waals surface area contributed by atoms with Crippen LogP contribution in [0, 0.1) is 11.8 Å². The van der Waals surface area contributed by atoms with Crippen LogP contribution in [0.1, 0.15) is 6.42 Å². The van der Waals surface area contributed by atoms with Gasteiger partial charge in [0.05, 0.1) is 38.6 Å². The quantitative estimate of drug-likeness (QED) is 0.121. The predicted octanol–water partition coefficient (Wildman–Crippen LogP) is 17.6. The summed E-state index contributed by atoms with van der Waals surface area (Å²) in [6.07, 6.45) is 6.07. The Kier molecular flexibility index (Phi) is 11.2. The Labute approximate surface area is 490 Å². The first-order valence-corrected chi connectivity index (χ1v) is 29.1. The Morgan fingerprint density at radius 1 is 0.282 bits per heavy atom. The van der Waals surface area contributed by atoms with Crippen LogP contribution in [-0.4, -0.2) is 28.7 Å². The van der Waals surface area contributed by atoms with Crippen molar-refractivity contribution in [3.63, 3.8) is 0 Å². The summed E-state index contributed by atoms with van der Waals surface area (Å²) in [5.74, 6) is 2.34. The van der Waals surface area contributed by atoms with E-state index in [9.17, 15) is 0 Å². The molecule has 4 heterocycles. The third-order valence-corrected chi connectivity index (χ3v) is 17.0. The molecule has 0 amide bonds. The Morgan fingerprint density at radius 2 is 0.671 bits per heavy atom. The van der Waals surface area contributed by atoms with Crippen molar-refractivity contribution in [2.45, 2.75) is 6.42 Å². The second-order valence-electron chi connectivity index (χ2n) is 22.1. The monoisotopic (exact) mass is 1090 g/mol. The minimum Gasteiger partial charge on any atom is -0.310 e. The van der Waals surface area contributed by atoms with Gasteiger partial charge in [-0.05, 0) is 152 Å². The van der Waals surface area contributed by atoms with Crippen LogP contribution in [0.2, 0.25) is 0 Å². The first kappa shape index (κ1) is 48.4. The number of hydrogen-bond donors (Lipinski definition) is 0. The molecule has 15 aromatic rings. The average Bonchev–Trinajstić information content (AvgIpc) is 1.93. The molecule has 11 aromatic carbocycles. The molecule has 9 heteroatoms. The molecule has 0 radical (unpaired) electrons. The van der Waals surface area contributed by atoms with Crippen LogP contribution in [0.5, 0.6) is 0 Å². The molecule has 0 saturated heterocycles. The fraction of sp³-hybridized carbons (Fsp3) is 0.0395. The number of fused-ring (bicyclic) bond motifs is 10. The van der Waals surface area contributed by atoms with Crippen molar-refractivity contribution in [2.24, 2.45) is 11.8 Å². The van der Waals surface area contributed by atoms with E-state index in [1.165, 1.54) is 10.6 Å². The van der Waals surface area contributed by atoms with Crippen molar-refractivity contribution >= 4 is 118 Å². The molecule has 1 fully saturated rings. The number of hydrogen-bond acceptors (Lipinski definition) is 6. The summed E-state index contributed by atoms with van der Waals surface area (Å²) in [5.41, 5.74) is 14.5.